The molecule has 4 rings (SSSR count). The third-order valence-corrected chi connectivity index (χ3v) is 7.30. The zero-order valence-corrected chi connectivity index (χ0v) is 23.2. The number of hydrogen-bond donors (Lipinski definition) is 1. The highest BCUT2D eigenvalue weighted by Gasteiger charge is 2.33. The fourth-order valence-electron chi connectivity index (χ4n) is 4.95. The van der Waals surface area contributed by atoms with E-state index >= 15 is 0 Å². The number of piperazine rings is 1. The summed E-state index contributed by atoms with van der Waals surface area (Å²) in [6.07, 6.45) is 0. The molecule has 1 fully saturated rings. The second kappa shape index (κ2) is 11.5. The number of anilines is 1. The fraction of sp³-hybridized carbons (Fsp3) is 0.433. The van der Waals surface area contributed by atoms with Crippen molar-refractivity contribution < 1.29 is 13.9 Å². The Morgan fingerprint density at radius 1 is 1.11 bits per heavy atom. The minimum absolute atomic E-state index is 0.0399. The van der Waals surface area contributed by atoms with Crippen LogP contribution in [0.4, 0.5) is 10.2 Å². The Kier molecular flexibility index (Phi) is 8.31. The van der Waals surface area contributed by atoms with Crippen LogP contribution in [0.25, 0.3) is 11.4 Å². The van der Waals surface area contributed by atoms with Gasteiger partial charge in [0.05, 0.1) is 23.4 Å². The number of rotatable bonds is 8. The smallest absolute Gasteiger partial charge is 0.231 e. The number of halogens is 1. The molecule has 7 nitrogen and oxygen atoms in total. The second-order valence-corrected chi connectivity index (χ2v) is 10.6. The highest BCUT2D eigenvalue weighted by molar-refractivity contribution is 5.76. The second-order valence-electron chi connectivity index (χ2n) is 10.6. The standard InChI is InChI=1S/C30H38FN5O2/c1-18(2)23-12-11-19(3)27(13-23)38-17-25-22(6)33-29(24-9-7-8-10-26(24)31)34-30(25)36-15-20(4)35(14-21(36)5)16-28(32)37/h7-13,18,20-21H,14-17H2,1-6H3,(H2,32,37)/t20-,21+/m1/s1. The molecule has 2 aromatic carbocycles. The molecule has 0 unspecified atom stereocenters. The first-order valence-electron chi connectivity index (χ1n) is 13.2. The van der Waals surface area contributed by atoms with E-state index in [1.54, 1.807) is 18.2 Å². The summed E-state index contributed by atoms with van der Waals surface area (Å²) in [7, 11) is 0. The number of aromatic nitrogens is 2. The molecule has 1 aliphatic heterocycles. The van der Waals surface area contributed by atoms with Crippen LogP contribution >= 0.6 is 0 Å². The molecule has 2 N–H and O–H groups in total. The number of amides is 1. The van der Waals surface area contributed by atoms with Gasteiger partial charge in [-0.1, -0.05) is 38.1 Å². The van der Waals surface area contributed by atoms with Crippen molar-refractivity contribution in [2.45, 2.75) is 66.2 Å². The molecule has 3 aromatic rings. The molecular formula is C30H38FN5O2. The molecular weight excluding hydrogens is 481 g/mol. The van der Waals surface area contributed by atoms with Gasteiger partial charge in [-0.3, -0.25) is 9.69 Å². The van der Waals surface area contributed by atoms with Crippen molar-refractivity contribution in [1.29, 1.82) is 0 Å². The van der Waals surface area contributed by atoms with Gasteiger partial charge in [-0.2, -0.15) is 0 Å². The number of carbonyl (C=O) groups is 1. The Morgan fingerprint density at radius 3 is 2.53 bits per heavy atom. The summed E-state index contributed by atoms with van der Waals surface area (Å²) in [6.45, 7) is 14.2. The zero-order valence-electron chi connectivity index (χ0n) is 23.2. The minimum atomic E-state index is -0.365. The van der Waals surface area contributed by atoms with Gasteiger partial charge in [-0.25, -0.2) is 14.4 Å². The van der Waals surface area contributed by atoms with Crippen molar-refractivity contribution in [3.8, 4) is 17.1 Å². The molecule has 1 amide bonds. The van der Waals surface area contributed by atoms with Crippen molar-refractivity contribution in [3.05, 3.63) is 70.7 Å². The molecule has 2 atom stereocenters. The van der Waals surface area contributed by atoms with Gasteiger partial charge in [0.15, 0.2) is 5.82 Å². The van der Waals surface area contributed by atoms with E-state index in [4.69, 9.17) is 20.4 Å². The summed E-state index contributed by atoms with van der Waals surface area (Å²) in [5.41, 5.74) is 9.72. The number of aryl methyl sites for hydroxylation is 2. The third-order valence-electron chi connectivity index (χ3n) is 7.30. The van der Waals surface area contributed by atoms with Crippen molar-refractivity contribution in [1.82, 2.24) is 14.9 Å². The van der Waals surface area contributed by atoms with Crippen LogP contribution in [0.15, 0.2) is 42.5 Å². The normalized spacial score (nSPS) is 18.2. The molecule has 8 heteroatoms. The lowest BCUT2D eigenvalue weighted by molar-refractivity contribution is -0.119. The van der Waals surface area contributed by atoms with E-state index in [2.05, 4.69) is 55.7 Å². The lowest BCUT2D eigenvalue weighted by atomic mass is 10.0. The molecule has 0 saturated carbocycles. The Balaban J connectivity index is 1.74. The van der Waals surface area contributed by atoms with Gasteiger partial charge in [0.1, 0.15) is 24.0 Å². The molecule has 38 heavy (non-hydrogen) atoms. The fourth-order valence-corrected chi connectivity index (χ4v) is 4.95. The highest BCUT2D eigenvalue weighted by atomic mass is 19.1. The molecule has 1 aromatic heterocycles. The Labute approximate surface area is 224 Å². The quantitative estimate of drug-likeness (QED) is 0.452. The minimum Gasteiger partial charge on any atom is -0.488 e. The molecule has 0 radical (unpaired) electrons. The maximum absolute atomic E-state index is 14.7. The average Bonchev–Trinajstić information content (AvgIpc) is 2.85. The highest BCUT2D eigenvalue weighted by Crippen LogP contribution is 2.32. The summed E-state index contributed by atoms with van der Waals surface area (Å²) in [5, 5.41) is 0. The first kappa shape index (κ1) is 27.5. The predicted octanol–water partition coefficient (Wildman–Crippen LogP) is 4.99. The summed E-state index contributed by atoms with van der Waals surface area (Å²) in [6, 6.07) is 13.0. The van der Waals surface area contributed by atoms with Gasteiger partial charge in [-0.05, 0) is 62.9 Å². The average molecular weight is 520 g/mol. The Hall–Kier alpha value is -3.52. The van der Waals surface area contributed by atoms with Gasteiger partial charge in [0.25, 0.3) is 0 Å². The molecule has 2 heterocycles. The molecule has 0 spiro atoms. The molecule has 202 valence electrons. The molecule has 1 saturated heterocycles. The van der Waals surface area contributed by atoms with E-state index in [-0.39, 0.29) is 37.0 Å². The topological polar surface area (TPSA) is 84.6 Å². The van der Waals surface area contributed by atoms with Crippen LogP contribution in [-0.4, -0.2) is 52.5 Å². The first-order chi connectivity index (χ1) is 18.0. The van der Waals surface area contributed by atoms with E-state index in [1.807, 2.05) is 13.8 Å². The van der Waals surface area contributed by atoms with Crippen LogP contribution in [0.5, 0.6) is 5.75 Å². The van der Waals surface area contributed by atoms with Crippen LogP contribution in [0.2, 0.25) is 0 Å². The van der Waals surface area contributed by atoms with E-state index in [1.165, 1.54) is 11.6 Å². The van der Waals surface area contributed by atoms with Gasteiger partial charge in [0, 0.05) is 25.2 Å². The largest absolute Gasteiger partial charge is 0.488 e. The maximum atomic E-state index is 14.7. The number of nitrogens with two attached hydrogens (primary N) is 1. The van der Waals surface area contributed by atoms with Gasteiger partial charge < -0.3 is 15.4 Å². The van der Waals surface area contributed by atoms with E-state index < -0.39 is 0 Å². The number of nitrogens with zero attached hydrogens (tertiary/aromatic N) is 4. The number of primary amides is 1. The van der Waals surface area contributed by atoms with Crippen LogP contribution in [0.1, 0.15) is 56.0 Å². The third kappa shape index (κ3) is 5.96. The molecule has 1 aliphatic rings. The predicted molar refractivity (Wildman–Crippen MR) is 149 cm³/mol. The van der Waals surface area contributed by atoms with Crippen molar-refractivity contribution >= 4 is 11.7 Å². The first-order valence-corrected chi connectivity index (χ1v) is 13.2. The molecule has 0 bridgehead atoms. The van der Waals surface area contributed by atoms with Crippen molar-refractivity contribution in [2.75, 3.05) is 24.5 Å². The van der Waals surface area contributed by atoms with E-state index in [9.17, 15) is 9.18 Å². The number of benzene rings is 2. The van der Waals surface area contributed by atoms with E-state index in [0.717, 1.165) is 28.4 Å². The summed E-state index contributed by atoms with van der Waals surface area (Å²) < 4.78 is 21.1. The summed E-state index contributed by atoms with van der Waals surface area (Å²) in [5.74, 6) is 1.58. The zero-order chi connectivity index (χ0) is 27.6. The van der Waals surface area contributed by atoms with Crippen LogP contribution in [0, 0.1) is 19.7 Å². The summed E-state index contributed by atoms with van der Waals surface area (Å²) in [4.78, 5) is 25.6. The summed E-state index contributed by atoms with van der Waals surface area (Å²) >= 11 is 0. The Bertz CT molecular complexity index is 1310. The van der Waals surface area contributed by atoms with Crippen molar-refractivity contribution in [2.24, 2.45) is 5.73 Å². The van der Waals surface area contributed by atoms with Crippen LogP contribution in [0.3, 0.4) is 0 Å². The van der Waals surface area contributed by atoms with Crippen LogP contribution in [-0.2, 0) is 11.4 Å². The lowest BCUT2D eigenvalue weighted by Crippen LogP contribution is -2.58. The SMILES string of the molecule is Cc1ccc(C(C)C)cc1OCc1c(C)nc(-c2ccccc2F)nc1N1C[C@@H](C)N(CC(N)=O)C[C@@H]1C. The monoisotopic (exact) mass is 519 g/mol. The van der Waals surface area contributed by atoms with E-state index in [0.29, 0.717) is 30.4 Å². The number of ether oxygens (including phenoxy) is 1. The van der Waals surface area contributed by atoms with Crippen molar-refractivity contribution in [3.63, 3.8) is 0 Å². The van der Waals surface area contributed by atoms with Gasteiger partial charge >= 0.3 is 0 Å². The Morgan fingerprint density at radius 2 is 1.84 bits per heavy atom. The number of carbonyl (C=O) groups excluding carboxylic acids is 1. The lowest BCUT2D eigenvalue weighted by Gasteiger charge is -2.45. The van der Waals surface area contributed by atoms with Crippen LogP contribution < -0.4 is 15.4 Å². The van der Waals surface area contributed by atoms with Gasteiger partial charge in [-0.15, -0.1) is 0 Å². The number of hydrogen-bond acceptors (Lipinski definition) is 6. The maximum Gasteiger partial charge on any atom is 0.231 e. The van der Waals surface area contributed by atoms with Gasteiger partial charge in [0.2, 0.25) is 5.91 Å². The molecule has 0 aliphatic carbocycles.